The molecule has 3 heteroatoms. The first kappa shape index (κ1) is 11.2. The second kappa shape index (κ2) is 4.41. The van der Waals surface area contributed by atoms with Crippen molar-refractivity contribution in [1.82, 2.24) is 4.90 Å². The number of rotatable bonds is 3. The number of epoxide rings is 1. The van der Waals surface area contributed by atoms with E-state index in [2.05, 4.69) is 42.2 Å². The van der Waals surface area contributed by atoms with E-state index in [1.807, 2.05) is 0 Å². The summed E-state index contributed by atoms with van der Waals surface area (Å²) < 4.78 is 11.3. The van der Waals surface area contributed by atoms with Crippen molar-refractivity contribution in [3.05, 3.63) is 35.9 Å². The molecule has 2 atom stereocenters. The average molecular weight is 233 g/mol. The largest absolute Gasteiger partial charge is 0.372 e. The number of benzene rings is 1. The lowest BCUT2D eigenvalue weighted by molar-refractivity contribution is -0.0652. The van der Waals surface area contributed by atoms with Crippen LogP contribution in [0.4, 0.5) is 0 Å². The molecule has 0 spiro atoms. The third kappa shape index (κ3) is 2.51. The van der Waals surface area contributed by atoms with Crippen LogP contribution in [0.2, 0.25) is 0 Å². The van der Waals surface area contributed by atoms with Gasteiger partial charge in [0, 0.05) is 19.6 Å². The van der Waals surface area contributed by atoms with Crippen LogP contribution < -0.4 is 0 Å². The van der Waals surface area contributed by atoms with Crippen LogP contribution in [0.25, 0.3) is 0 Å². The molecule has 17 heavy (non-hydrogen) atoms. The smallest absolute Gasteiger partial charge is 0.116 e. The lowest BCUT2D eigenvalue weighted by atomic mass is 10.0. The van der Waals surface area contributed by atoms with Gasteiger partial charge >= 0.3 is 0 Å². The zero-order valence-electron chi connectivity index (χ0n) is 10.3. The summed E-state index contributed by atoms with van der Waals surface area (Å²) in [6, 6.07) is 10.6. The maximum Gasteiger partial charge on any atom is 0.116 e. The van der Waals surface area contributed by atoms with Crippen molar-refractivity contribution >= 4 is 0 Å². The molecule has 0 N–H and O–H groups in total. The summed E-state index contributed by atoms with van der Waals surface area (Å²) in [7, 11) is 0. The van der Waals surface area contributed by atoms with Crippen LogP contribution in [0.3, 0.4) is 0 Å². The minimum atomic E-state index is -0.0185. The van der Waals surface area contributed by atoms with Crippen molar-refractivity contribution < 1.29 is 9.47 Å². The summed E-state index contributed by atoms with van der Waals surface area (Å²) in [5.41, 5.74) is 1.35. The Bertz CT molecular complexity index is 375. The van der Waals surface area contributed by atoms with E-state index in [0.717, 1.165) is 32.8 Å². The molecule has 2 unspecified atom stereocenters. The van der Waals surface area contributed by atoms with Gasteiger partial charge < -0.3 is 9.47 Å². The SMILES string of the molecule is CC1(C2CN(Cc3ccccc3)CCO2)CO1. The monoisotopic (exact) mass is 233 g/mol. The summed E-state index contributed by atoms with van der Waals surface area (Å²) >= 11 is 0. The van der Waals surface area contributed by atoms with E-state index in [1.165, 1.54) is 5.56 Å². The van der Waals surface area contributed by atoms with Gasteiger partial charge in [0.25, 0.3) is 0 Å². The molecule has 2 fully saturated rings. The Hall–Kier alpha value is -0.900. The van der Waals surface area contributed by atoms with Crippen molar-refractivity contribution in [3.8, 4) is 0 Å². The number of nitrogens with zero attached hydrogens (tertiary/aromatic N) is 1. The fourth-order valence-corrected chi connectivity index (χ4v) is 2.36. The molecular weight excluding hydrogens is 214 g/mol. The Morgan fingerprint density at radius 2 is 2.12 bits per heavy atom. The molecule has 0 radical (unpaired) electrons. The molecule has 1 aromatic carbocycles. The van der Waals surface area contributed by atoms with Crippen LogP contribution in [0.5, 0.6) is 0 Å². The van der Waals surface area contributed by atoms with E-state index >= 15 is 0 Å². The van der Waals surface area contributed by atoms with Gasteiger partial charge in [-0.2, -0.15) is 0 Å². The lowest BCUT2D eigenvalue weighted by Gasteiger charge is -2.34. The fraction of sp³-hybridized carbons (Fsp3) is 0.571. The van der Waals surface area contributed by atoms with Crippen molar-refractivity contribution in [3.63, 3.8) is 0 Å². The summed E-state index contributed by atoms with van der Waals surface area (Å²) in [5, 5.41) is 0. The second-order valence-corrected chi connectivity index (χ2v) is 5.18. The highest BCUT2D eigenvalue weighted by Crippen LogP contribution is 2.33. The highest BCUT2D eigenvalue weighted by Gasteiger charge is 2.49. The first-order chi connectivity index (χ1) is 8.26. The maximum absolute atomic E-state index is 5.81. The lowest BCUT2D eigenvalue weighted by Crippen LogP contribution is -2.47. The van der Waals surface area contributed by atoms with Gasteiger partial charge in [-0.25, -0.2) is 0 Å². The number of morpholine rings is 1. The highest BCUT2D eigenvalue weighted by atomic mass is 16.6. The van der Waals surface area contributed by atoms with E-state index in [9.17, 15) is 0 Å². The Balaban J connectivity index is 1.60. The van der Waals surface area contributed by atoms with Crippen LogP contribution in [0.1, 0.15) is 12.5 Å². The van der Waals surface area contributed by atoms with Crippen molar-refractivity contribution in [1.29, 1.82) is 0 Å². The molecule has 0 amide bonds. The maximum atomic E-state index is 5.81. The Labute approximate surface area is 102 Å². The summed E-state index contributed by atoms with van der Waals surface area (Å²) in [6.45, 7) is 6.81. The third-order valence-corrected chi connectivity index (χ3v) is 3.68. The van der Waals surface area contributed by atoms with Crippen molar-refractivity contribution in [2.24, 2.45) is 0 Å². The van der Waals surface area contributed by atoms with Crippen LogP contribution in [-0.4, -0.2) is 42.9 Å². The summed E-state index contributed by atoms with van der Waals surface area (Å²) in [4.78, 5) is 2.45. The molecule has 2 heterocycles. The van der Waals surface area contributed by atoms with E-state index < -0.39 is 0 Å². The van der Waals surface area contributed by atoms with Gasteiger partial charge in [-0.3, -0.25) is 4.90 Å². The predicted octanol–water partition coefficient (Wildman–Crippen LogP) is 1.68. The Morgan fingerprint density at radius 3 is 2.82 bits per heavy atom. The average Bonchev–Trinajstić information content (AvgIpc) is 3.11. The van der Waals surface area contributed by atoms with E-state index in [-0.39, 0.29) is 11.7 Å². The van der Waals surface area contributed by atoms with Crippen LogP contribution in [-0.2, 0) is 16.0 Å². The Kier molecular flexibility index (Phi) is 2.90. The molecule has 3 rings (SSSR count). The quantitative estimate of drug-likeness (QED) is 0.743. The van der Waals surface area contributed by atoms with E-state index in [0.29, 0.717) is 0 Å². The van der Waals surface area contributed by atoms with Crippen LogP contribution in [0, 0.1) is 0 Å². The predicted molar refractivity (Wildman–Crippen MR) is 65.8 cm³/mol. The zero-order valence-corrected chi connectivity index (χ0v) is 10.3. The molecule has 0 aromatic heterocycles. The molecule has 92 valence electrons. The first-order valence-electron chi connectivity index (χ1n) is 6.28. The molecule has 2 saturated heterocycles. The molecule has 0 saturated carbocycles. The van der Waals surface area contributed by atoms with Crippen LogP contribution in [0.15, 0.2) is 30.3 Å². The molecule has 2 aliphatic rings. The van der Waals surface area contributed by atoms with E-state index in [4.69, 9.17) is 9.47 Å². The van der Waals surface area contributed by atoms with Gasteiger partial charge in [-0.15, -0.1) is 0 Å². The number of hydrogen-bond donors (Lipinski definition) is 0. The zero-order chi connectivity index (χ0) is 11.7. The fourth-order valence-electron chi connectivity index (χ4n) is 2.36. The number of hydrogen-bond acceptors (Lipinski definition) is 3. The van der Waals surface area contributed by atoms with Gasteiger partial charge in [0.1, 0.15) is 11.7 Å². The topological polar surface area (TPSA) is 25.0 Å². The minimum Gasteiger partial charge on any atom is -0.372 e. The standard InChI is InChI=1S/C14H19NO2/c1-14(11-17-14)13-10-15(7-8-16-13)9-12-5-3-2-4-6-12/h2-6,13H,7-11H2,1H3. The van der Waals surface area contributed by atoms with Gasteiger partial charge in [0.05, 0.1) is 13.2 Å². The van der Waals surface area contributed by atoms with Crippen molar-refractivity contribution in [2.75, 3.05) is 26.3 Å². The first-order valence-corrected chi connectivity index (χ1v) is 6.28. The normalized spacial score (nSPS) is 33.6. The van der Waals surface area contributed by atoms with E-state index in [1.54, 1.807) is 0 Å². The van der Waals surface area contributed by atoms with Gasteiger partial charge in [0.15, 0.2) is 0 Å². The highest BCUT2D eigenvalue weighted by molar-refractivity contribution is 5.14. The molecule has 0 aliphatic carbocycles. The molecular formula is C14H19NO2. The van der Waals surface area contributed by atoms with Gasteiger partial charge in [0.2, 0.25) is 0 Å². The Morgan fingerprint density at radius 1 is 1.35 bits per heavy atom. The molecule has 3 nitrogen and oxygen atoms in total. The minimum absolute atomic E-state index is 0.0185. The van der Waals surface area contributed by atoms with Crippen molar-refractivity contribution in [2.45, 2.75) is 25.2 Å². The molecule has 2 aliphatic heterocycles. The van der Waals surface area contributed by atoms with Gasteiger partial charge in [-0.1, -0.05) is 30.3 Å². The summed E-state index contributed by atoms with van der Waals surface area (Å²) in [6.07, 6.45) is 0.236. The molecule has 1 aromatic rings. The summed E-state index contributed by atoms with van der Waals surface area (Å²) in [5.74, 6) is 0. The molecule has 0 bridgehead atoms. The van der Waals surface area contributed by atoms with Crippen LogP contribution >= 0.6 is 0 Å². The third-order valence-electron chi connectivity index (χ3n) is 3.68. The van der Waals surface area contributed by atoms with Gasteiger partial charge in [-0.05, 0) is 12.5 Å². The second-order valence-electron chi connectivity index (χ2n) is 5.18. The number of ether oxygens (including phenoxy) is 2.